The summed E-state index contributed by atoms with van der Waals surface area (Å²) in [5.74, 6) is -2.00. The molecule has 0 aliphatic carbocycles. The van der Waals surface area contributed by atoms with Gasteiger partial charge in [-0.2, -0.15) is 0 Å². The van der Waals surface area contributed by atoms with Gasteiger partial charge in [0.2, 0.25) is 11.8 Å². The van der Waals surface area contributed by atoms with E-state index in [1.165, 1.54) is 53.4 Å². The lowest BCUT2D eigenvalue weighted by Crippen LogP contribution is -2.52. The summed E-state index contributed by atoms with van der Waals surface area (Å²) in [7, 11) is -4.25. The van der Waals surface area contributed by atoms with Crippen molar-refractivity contribution >= 4 is 27.5 Å². The number of carbonyl (C=O) groups is 2. The number of sulfonamides is 1. The second kappa shape index (κ2) is 14.0. The molecular weight excluding hydrogens is 536 g/mol. The lowest BCUT2D eigenvalue weighted by atomic mass is 10.1. The molecule has 0 aliphatic rings. The monoisotopic (exact) mass is 571 g/mol. The molecule has 0 unspecified atom stereocenters. The first-order chi connectivity index (χ1) is 19.1. The summed E-state index contributed by atoms with van der Waals surface area (Å²) < 4.78 is 55.8. The van der Waals surface area contributed by atoms with Gasteiger partial charge in [-0.3, -0.25) is 13.9 Å². The van der Waals surface area contributed by atoms with E-state index in [4.69, 9.17) is 0 Å². The molecule has 0 saturated heterocycles. The zero-order chi connectivity index (χ0) is 29.3. The minimum atomic E-state index is -4.25. The topological polar surface area (TPSA) is 86.8 Å². The number of anilines is 1. The number of hydrogen-bond donors (Lipinski definition) is 1. The predicted molar refractivity (Wildman–Crippen MR) is 151 cm³/mol. The van der Waals surface area contributed by atoms with E-state index in [0.29, 0.717) is 12.1 Å². The van der Waals surface area contributed by atoms with Gasteiger partial charge < -0.3 is 10.2 Å². The highest BCUT2D eigenvalue weighted by molar-refractivity contribution is 7.92. The number of rotatable bonds is 13. The smallest absolute Gasteiger partial charge is 0.264 e. The van der Waals surface area contributed by atoms with E-state index in [1.54, 1.807) is 19.1 Å². The molecule has 40 heavy (non-hydrogen) atoms. The van der Waals surface area contributed by atoms with Crippen molar-refractivity contribution in [3.63, 3.8) is 0 Å². The summed E-state index contributed by atoms with van der Waals surface area (Å²) in [4.78, 5) is 28.3. The lowest BCUT2D eigenvalue weighted by Gasteiger charge is -2.33. The second-order valence-corrected chi connectivity index (χ2v) is 11.4. The van der Waals surface area contributed by atoms with E-state index in [1.807, 2.05) is 13.8 Å². The Labute approximate surface area is 234 Å². The first kappa shape index (κ1) is 30.7. The van der Waals surface area contributed by atoms with Crippen LogP contribution in [0.4, 0.5) is 14.5 Å². The zero-order valence-corrected chi connectivity index (χ0v) is 23.8. The van der Waals surface area contributed by atoms with Crippen LogP contribution in [-0.4, -0.2) is 44.3 Å². The van der Waals surface area contributed by atoms with Crippen molar-refractivity contribution in [1.82, 2.24) is 10.2 Å². The maximum Gasteiger partial charge on any atom is 0.264 e. The van der Waals surface area contributed by atoms with Crippen LogP contribution in [0.2, 0.25) is 0 Å². The number of nitrogens with zero attached hydrogens (tertiary/aromatic N) is 2. The van der Waals surface area contributed by atoms with Crippen LogP contribution in [-0.2, 0) is 26.2 Å². The predicted octanol–water partition coefficient (Wildman–Crippen LogP) is 5.19. The van der Waals surface area contributed by atoms with Crippen molar-refractivity contribution in [2.45, 2.75) is 57.5 Å². The molecule has 0 bridgehead atoms. The van der Waals surface area contributed by atoms with Crippen LogP contribution >= 0.6 is 0 Å². The molecule has 1 atom stereocenters. The second-order valence-electron chi connectivity index (χ2n) is 9.52. The highest BCUT2D eigenvalue weighted by Crippen LogP contribution is 2.25. The fourth-order valence-corrected chi connectivity index (χ4v) is 5.60. The summed E-state index contributed by atoms with van der Waals surface area (Å²) in [5, 5.41) is 2.85. The van der Waals surface area contributed by atoms with Gasteiger partial charge in [-0.25, -0.2) is 17.2 Å². The number of benzene rings is 3. The lowest BCUT2D eigenvalue weighted by molar-refractivity contribution is -0.140. The van der Waals surface area contributed by atoms with E-state index >= 15 is 0 Å². The van der Waals surface area contributed by atoms with Gasteiger partial charge in [-0.15, -0.1) is 0 Å². The third-order valence-corrected chi connectivity index (χ3v) is 8.27. The Morgan fingerprint density at radius 3 is 2.00 bits per heavy atom. The van der Waals surface area contributed by atoms with Crippen LogP contribution < -0.4 is 9.62 Å². The molecule has 3 aromatic rings. The highest BCUT2D eigenvalue weighted by atomic mass is 32.2. The molecule has 1 N–H and O–H groups in total. The summed E-state index contributed by atoms with van der Waals surface area (Å²) in [6.07, 6.45) is 1.91. The van der Waals surface area contributed by atoms with Gasteiger partial charge in [-0.05, 0) is 73.9 Å². The first-order valence-corrected chi connectivity index (χ1v) is 14.7. The third kappa shape index (κ3) is 7.88. The highest BCUT2D eigenvalue weighted by Gasteiger charge is 2.33. The molecule has 214 valence electrons. The molecule has 3 aromatic carbocycles. The van der Waals surface area contributed by atoms with Crippen LogP contribution in [0.3, 0.4) is 0 Å². The van der Waals surface area contributed by atoms with Gasteiger partial charge in [0.25, 0.3) is 10.0 Å². The number of unbranched alkanes of at least 4 members (excludes halogenated alkanes) is 1. The Hall–Kier alpha value is -3.79. The molecule has 0 radical (unpaired) electrons. The van der Waals surface area contributed by atoms with Gasteiger partial charge in [0.05, 0.1) is 10.6 Å². The molecule has 0 spiro atoms. The average Bonchev–Trinajstić information content (AvgIpc) is 2.93. The maximum atomic E-state index is 13.9. The third-order valence-electron chi connectivity index (χ3n) is 6.48. The number of amides is 2. The Morgan fingerprint density at radius 2 is 1.45 bits per heavy atom. The fourth-order valence-electron chi connectivity index (χ4n) is 4.19. The van der Waals surface area contributed by atoms with Crippen molar-refractivity contribution in [2.75, 3.05) is 17.4 Å². The summed E-state index contributed by atoms with van der Waals surface area (Å²) in [5.41, 5.74) is 1.52. The summed E-state index contributed by atoms with van der Waals surface area (Å²) in [6.45, 7) is 5.33. The molecule has 0 aliphatic heterocycles. The molecular formula is C30H35F2N3O4S. The van der Waals surface area contributed by atoms with Gasteiger partial charge in [-0.1, -0.05) is 50.1 Å². The van der Waals surface area contributed by atoms with Crippen molar-refractivity contribution < 1.29 is 26.8 Å². The molecule has 0 aromatic heterocycles. The minimum Gasteiger partial charge on any atom is -0.354 e. The molecule has 0 saturated carbocycles. The Balaban J connectivity index is 2.02. The van der Waals surface area contributed by atoms with Crippen LogP contribution in [0.1, 0.15) is 44.2 Å². The largest absolute Gasteiger partial charge is 0.354 e. The minimum absolute atomic E-state index is 0.0374. The van der Waals surface area contributed by atoms with Crippen molar-refractivity contribution in [2.24, 2.45) is 0 Å². The molecule has 7 nitrogen and oxygen atoms in total. The number of halogens is 2. The average molecular weight is 572 g/mol. The van der Waals surface area contributed by atoms with Gasteiger partial charge in [0.15, 0.2) is 0 Å². The SMILES string of the molecule is CCCCNC(=O)[C@H](CC)N(Cc1ccc(F)cc1)C(=O)CN(c1ccc(F)cc1)S(=O)(=O)c1ccc(C)cc1. The van der Waals surface area contributed by atoms with E-state index in [2.05, 4.69) is 5.32 Å². The zero-order valence-electron chi connectivity index (χ0n) is 22.9. The fraction of sp³-hybridized carbons (Fsp3) is 0.333. The van der Waals surface area contributed by atoms with Crippen molar-refractivity contribution in [1.29, 1.82) is 0 Å². The first-order valence-electron chi connectivity index (χ1n) is 13.2. The van der Waals surface area contributed by atoms with E-state index in [-0.39, 0.29) is 29.5 Å². The molecule has 0 heterocycles. The quantitative estimate of drug-likeness (QED) is 0.286. The van der Waals surface area contributed by atoms with E-state index < -0.39 is 40.2 Å². The van der Waals surface area contributed by atoms with Crippen LogP contribution in [0.5, 0.6) is 0 Å². The van der Waals surface area contributed by atoms with Crippen LogP contribution in [0, 0.1) is 18.6 Å². The van der Waals surface area contributed by atoms with Gasteiger partial charge in [0.1, 0.15) is 24.2 Å². The van der Waals surface area contributed by atoms with Crippen molar-refractivity contribution in [3.8, 4) is 0 Å². The summed E-state index contributed by atoms with van der Waals surface area (Å²) >= 11 is 0. The van der Waals surface area contributed by atoms with E-state index in [0.717, 1.165) is 34.8 Å². The molecule has 0 fully saturated rings. The Kier molecular flexibility index (Phi) is 10.8. The Bertz CT molecular complexity index is 1380. The number of hydrogen-bond acceptors (Lipinski definition) is 4. The summed E-state index contributed by atoms with van der Waals surface area (Å²) in [6, 6.07) is 15.6. The number of carbonyl (C=O) groups excluding carboxylic acids is 2. The standard InChI is InChI=1S/C30H35F2N3O4S/c1-4-6-19-33-30(37)28(5-2)34(20-23-9-11-24(31)12-10-23)29(36)21-35(26-15-13-25(32)14-16-26)40(38,39)27-17-7-22(3)8-18-27/h7-18,28H,4-6,19-21H2,1-3H3,(H,33,37)/t28-/m0/s1. The van der Waals surface area contributed by atoms with Crippen LogP contribution in [0.25, 0.3) is 0 Å². The van der Waals surface area contributed by atoms with Crippen LogP contribution in [0.15, 0.2) is 77.7 Å². The normalized spacial score (nSPS) is 12.0. The maximum absolute atomic E-state index is 13.9. The number of aryl methyl sites for hydroxylation is 1. The Morgan fingerprint density at radius 1 is 0.875 bits per heavy atom. The molecule has 2 amide bonds. The number of nitrogens with one attached hydrogen (secondary N) is 1. The molecule has 3 rings (SSSR count). The van der Waals surface area contributed by atoms with E-state index in [9.17, 15) is 26.8 Å². The van der Waals surface area contributed by atoms with Gasteiger partial charge >= 0.3 is 0 Å². The van der Waals surface area contributed by atoms with Gasteiger partial charge in [0, 0.05) is 13.1 Å². The van der Waals surface area contributed by atoms with Crippen molar-refractivity contribution in [3.05, 3.63) is 95.6 Å². The molecule has 10 heteroatoms.